The fourth-order valence-corrected chi connectivity index (χ4v) is 3.18. The number of imidazole rings is 1. The molecule has 0 aliphatic carbocycles. The second-order valence-electron chi connectivity index (χ2n) is 5.92. The van der Waals surface area contributed by atoms with E-state index < -0.39 is 0 Å². The van der Waals surface area contributed by atoms with Crippen LogP contribution in [0.4, 0.5) is 0 Å². The molecule has 0 N–H and O–H groups in total. The van der Waals surface area contributed by atoms with Crippen molar-refractivity contribution < 1.29 is 0 Å². The Morgan fingerprint density at radius 2 is 2.09 bits per heavy atom. The van der Waals surface area contributed by atoms with Crippen molar-refractivity contribution in [3.05, 3.63) is 59.1 Å². The van der Waals surface area contributed by atoms with Crippen LogP contribution in [0.25, 0.3) is 5.65 Å². The van der Waals surface area contributed by atoms with Crippen LogP contribution in [0, 0.1) is 13.8 Å². The highest BCUT2D eigenvalue weighted by Crippen LogP contribution is 2.20. The van der Waals surface area contributed by atoms with Crippen LogP contribution < -0.4 is 0 Å². The summed E-state index contributed by atoms with van der Waals surface area (Å²) in [4.78, 5) is 16.0. The van der Waals surface area contributed by atoms with Gasteiger partial charge in [-0.05, 0) is 26.0 Å². The number of fused-ring (bicyclic) bond motifs is 2. The monoisotopic (exact) mass is 293 g/mol. The van der Waals surface area contributed by atoms with Crippen molar-refractivity contribution in [2.24, 2.45) is 0 Å². The first-order valence-electron chi connectivity index (χ1n) is 7.67. The molecule has 4 heterocycles. The van der Waals surface area contributed by atoms with Crippen molar-refractivity contribution >= 4 is 5.65 Å². The zero-order valence-corrected chi connectivity index (χ0v) is 13.0. The molecule has 3 aromatic rings. The summed E-state index contributed by atoms with van der Waals surface area (Å²) < 4.78 is 2.19. The summed E-state index contributed by atoms with van der Waals surface area (Å²) in [6.45, 7) is 6.89. The molecule has 112 valence electrons. The van der Waals surface area contributed by atoms with E-state index in [1.807, 2.05) is 19.2 Å². The molecule has 0 bridgehead atoms. The Balaban J connectivity index is 1.61. The lowest BCUT2D eigenvalue weighted by Crippen LogP contribution is -2.31. The van der Waals surface area contributed by atoms with Gasteiger partial charge < -0.3 is 4.40 Å². The molecule has 5 nitrogen and oxygen atoms in total. The van der Waals surface area contributed by atoms with Gasteiger partial charge in [-0.3, -0.25) is 4.90 Å². The average molecular weight is 293 g/mol. The molecule has 4 rings (SSSR count). The first kappa shape index (κ1) is 13.4. The Kier molecular flexibility index (Phi) is 3.15. The lowest BCUT2D eigenvalue weighted by Gasteiger charge is -2.27. The normalized spacial score (nSPS) is 15.2. The van der Waals surface area contributed by atoms with Crippen LogP contribution in [-0.4, -0.2) is 30.8 Å². The third kappa shape index (κ3) is 2.27. The van der Waals surface area contributed by atoms with E-state index in [2.05, 4.69) is 49.5 Å². The van der Waals surface area contributed by atoms with Gasteiger partial charge in [0.25, 0.3) is 0 Å². The van der Waals surface area contributed by atoms with E-state index >= 15 is 0 Å². The van der Waals surface area contributed by atoms with Gasteiger partial charge in [0.05, 0.1) is 11.4 Å². The Bertz CT molecular complexity index is 836. The zero-order valence-electron chi connectivity index (χ0n) is 13.0. The predicted octanol–water partition coefficient (Wildman–Crippen LogP) is 2.30. The Morgan fingerprint density at radius 3 is 3.00 bits per heavy atom. The summed E-state index contributed by atoms with van der Waals surface area (Å²) in [5.41, 5.74) is 5.86. The molecule has 22 heavy (non-hydrogen) atoms. The summed E-state index contributed by atoms with van der Waals surface area (Å²) in [7, 11) is 0. The van der Waals surface area contributed by atoms with Crippen molar-refractivity contribution in [2.75, 3.05) is 6.54 Å². The van der Waals surface area contributed by atoms with Crippen LogP contribution in [0.3, 0.4) is 0 Å². The van der Waals surface area contributed by atoms with Crippen LogP contribution in [0.15, 0.2) is 30.6 Å². The SMILES string of the molecule is Cc1ncc2c(n1)CCN(Cc1c(C)nc3ccccn13)C2. The number of nitrogens with zero attached hydrogens (tertiary/aromatic N) is 5. The lowest BCUT2D eigenvalue weighted by molar-refractivity contribution is 0.238. The number of aromatic nitrogens is 4. The Labute approximate surface area is 129 Å². The lowest BCUT2D eigenvalue weighted by atomic mass is 10.1. The number of aryl methyl sites for hydroxylation is 2. The topological polar surface area (TPSA) is 46.3 Å². The van der Waals surface area contributed by atoms with Crippen LogP contribution in [-0.2, 0) is 19.5 Å². The van der Waals surface area contributed by atoms with Crippen molar-refractivity contribution in [1.82, 2.24) is 24.3 Å². The fraction of sp³-hybridized carbons (Fsp3) is 0.353. The van der Waals surface area contributed by atoms with Crippen molar-refractivity contribution in [2.45, 2.75) is 33.4 Å². The van der Waals surface area contributed by atoms with E-state index in [1.54, 1.807) is 0 Å². The van der Waals surface area contributed by atoms with Gasteiger partial charge in [-0.1, -0.05) is 6.07 Å². The average Bonchev–Trinajstić information content (AvgIpc) is 2.83. The molecule has 0 saturated carbocycles. The molecular weight excluding hydrogens is 274 g/mol. The largest absolute Gasteiger partial charge is 0.302 e. The van der Waals surface area contributed by atoms with Gasteiger partial charge in [0.2, 0.25) is 0 Å². The third-order valence-electron chi connectivity index (χ3n) is 4.34. The van der Waals surface area contributed by atoms with Gasteiger partial charge in [0.15, 0.2) is 0 Å². The molecule has 1 aliphatic heterocycles. The van der Waals surface area contributed by atoms with E-state index in [1.165, 1.54) is 17.0 Å². The van der Waals surface area contributed by atoms with E-state index in [-0.39, 0.29) is 0 Å². The second-order valence-corrected chi connectivity index (χ2v) is 5.92. The van der Waals surface area contributed by atoms with Crippen LogP contribution in [0.5, 0.6) is 0 Å². The van der Waals surface area contributed by atoms with Crippen LogP contribution >= 0.6 is 0 Å². The number of pyridine rings is 1. The molecule has 0 radical (unpaired) electrons. The Hall–Kier alpha value is -2.27. The first-order valence-corrected chi connectivity index (χ1v) is 7.67. The summed E-state index contributed by atoms with van der Waals surface area (Å²) in [6.07, 6.45) is 5.06. The molecule has 3 aromatic heterocycles. The molecule has 0 saturated heterocycles. The molecular formula is C17H19N5. The number of hydrogen-bond acceptors (Lipinski definition) is 4. The molecule has 0 amide bonds. The maximum atomic E-state index is 4.65. The first-order chi connectivity index (χ1) is 10.7. The fourth-order valence-electron chi connectivity index (χ4n) is 3.18. The smallest absolute Gasteiger partial charge is 0.137 e. The minimum absolute atomic E-state index is 0.866. The molecule has 0 spiro atoms. The summed E-state index contributed by atoms with van der Waals surface area (Å²) in [5, 5.41) is 0. The molecule has 5 heteroatoms. The van der Waals surface area contributed by atoms with Crippen molar-refractivity contribution in [3.63, 3.8) is 0 Å². The van der Waals surface area contributed by atoms with Gasteiger partial charge in [-0.15, -0.1) is 0 Å². The standard InChI is InChI=1S/C17H19N5/c1-12-16(22-7-4-3-5-17(22)19-12)11-21-8-6-15-14(10-21)9-18-13(2)20-15/h3-5,7,9H,6,8,10-11H2,1-2H3. The van der Waals surface area contributed by atoms with E-state index in [0.717, 1.165) is 43.2 Å². The highest BCUT2D eigenvalue weighted by molar-refractivity contribution is 5.42. The van der Waals surface area contributed by atoms with Gasteiger partial charge in [-0.2, -0.15) is 0 Å². The van der Waals surface area contributed by atoms with Crippen LogP contribution in [0.1, 0.15) is 28.5 Å². The van der Waals surface area contributed by atoms with E-state index in [9.17, 15) is 0 Å². The molecule has 1 aliphatic rings. The minimum Gasteiger partial charge on any atom is -0.302 e. The maximum absolute atomic E-state index is 4.65. The second kappa shape index (κ2) is 5.18. The molecule has 0 atom stereocenters. The van der Waals surface area contributed by atoms with Gasteiger partial charge in [-0.25, -0.2) is 15.0 Å². The minimum atomic E-state index is 0.866. The number of rotatable bonds is 2. The van der Waals surface area contributed by atoms with Gasteiger partial charge in [0.1, 0.15) is 11.5 Å². The van der Waals surface area contributed by atoms with Gasteiger partial charge in [0, 0.05) is 49.7 Å². The molecule has 0 fully saturated rings. The van der Waals surface area contributed by atoms with Crippen molar-refractivity contribution in [1.29, 1.82) is 0 Å². The van der Waals surface area contributed by atoms with Crippen LogP contribution in [0.2, 0.25) is 0 Å². The predicted molar refractivity (Wildman–Crippen MR) is 84.5 cm³/mol. The summed E-state index contributed by atoms with van der Waals surface area (Å²) in [6, 6.07) is 6.14. The highest BCUT2D eigenvalue weighted by atomic mass is 15.2. The van der Waals surface area contributed by atoms with E-state index in [0.29, 0.717) is 0 Å². The molecule has 0 unspecified atom stereocenters. The third-order valence-corrected chi connectivity index (χ3v) is 4.34. The molecule has 0 aromatic carbocycles. The Morgan fingerprint density at radius 1 is 1.18 bits per heavy atom. The van der Waals surface area contributed by atoms with Gasteiger partial charge >= 0.3 is 0 Å². The zero-order chi connectivity index (χ0) is 15.1. The van der Waals surface area contributed by atoms with E-state index in [4.69, 9.17) is 0 Å². The number of hydrogen-bond donors (Lipinski definition) is 0. The summed E-state index contributed by atoms with van der Waals surface area (Å²) in [5.74, 6) is 0.866. The highest BCUT2D eigenvalue weighted by Gasteiger charge is 2.20. The van der Waals surface area contributed by atoms with Crippen molar-refractivity contribution in [3.8, 4) is 0 Å². The quantitative estimate of drug-likeness (QED) is 0.727. The summed E-state index contributed by atoms with van der Waals surface area (Å²) >= 11 is 0. The maximum Gasteiger partial charge on any atom is 0.137 e.